The molecule has 26 heavy (non-hydrogen) atoms. The molecule has 2 heterocycles. The summed E-state index contributed by atoms with van der Waals surface area (Å²) in [6, 6.07) is 7.67. The summed E-state index contributed by atoms with van der Waals surface area (Å²) in [5.74, 6) is 1.32. The average Bonchev–Trinajstić information content (AvgIpc) is 3.31. The molecular formula is C19H23ClN4O2. The Labute approximate surface area is 157 Å². The van der Waals surface area contributed by atoms with Crippen molar-refractivity contribution in [1.82, 2.24) is 20.4 Å². The first-order valence-corrected chi connectivity index (χ1v) is 9.55. The number of halogens is 1. The molecule has 1 N–H and O–H groups in total. The fourth-order valence-corrected chi connectivity index (χ4v) is 4.00. The van der Waals surface area contributed by atoms with E-state index in [1.165, 1.54) is 6.39 Å². The predicted molar refractivity (Wildman–Crippen MR) is 97.7 cm³/mol. The number of piperidine rings is 1. The van der Waals surface area contributed by atoms with E-state index in [1.807, 2.05) is 24.3 Å². The van der Waals surface area contributed by atoms with Crippen LogP contribution in [0.4, 0.5) is 0 Å². The van der Waals surface area contributed by atoms with Gasteiger partial charge in [0.1, 0.15) is 0 Å². The molecule has 7 heteroatoms. The lowest BCUT2D eigenvalue weighted by Gasteiger charge is -2.32. The Kier molecular flexibility index (Phi) is 4.96. The number of carbonyl (C=O) groups excluding carboxylic acids is 1. The van der Waals surface area contributed by atoms with E-state index in [9.17, 15) is 4.79 Å². The maximum atomic E-state index is 12.8. The third-order valence-electron chi connectivity index (χ3n) is 5.51. The van der Waals surface area contributed by atoms with Gasteiger partial charge in [0.25, 0.3) is 0 Å². The van der Waals surface area contributed by atoms with E-state index < -0.39 is 0 Å². The van der Waals surface area contributed by atoms with Crippen LogP contribution in [-0.2, 0) is 16.8 Å². The van der Waals surface area contributed by atoms with Crippen LogP contribution in [-0.4, -0.2) is 40.6 Å². The number of rotatable bonds is 6. The van der Waals surface area contributed by atoms with Crippen LogP contribution in [0.3, 0.4) is 0 Å². The lowest BCUT2D eigenvalue weighted by Crippen LogP contribution is -2.43. The maximum absolute atomic E-state index is 12.8. The highest BCUT2D eigenvalue weighted by Crippen LogP contribution is 2.48. The first kappa shape index (κ1) is 17.5. The molecule has 0 bridgehead atoms. The van der Waals surface area contributed by atoms with Crippen LogP contribution in [0.25, 0.3) is 0 Å². The fourth-order valence-electron chi connectivity index (χ4n) is 3.87. The summed E-state index contributed by atoms with van der Waals surface area (Å²) in [6.45, 7) is 3.41. The van der Waals surface area contributed by atoms with E-state index in [-0.39, 0.29) is 11.3 Å². The van der Waals surface area contributed by atoms with Gasteiger partial charge in [0.2, 0.25) is 12.3 Å². The summed E-state index contributed by atoms with van der Waals surface area (Å²) >= 11 is 5.97. The second-order valence-electron chi connectivity index (χ2n) is 7.39. The maximum Gasteiger partial charge on any atom is 0.230 e. The molecule has 1 saturated carbocycles. The van der Waals surface area contributed by atoms with E-state index in [0.717, 1.165) is 50.9 Å². The standard InChI is InChI=1S/C19H23ClN4O2/c20-16-5-3-15(4-6-16)19(7-8-19)18(25)21-10-14-2-1-9-24(11-14)12-17-22-13-26-23-17/h3-6,13-14H,1-2,7-12H2,(H,21,25)/t14-/m0/s1. The molecule has 2 fully saturated rings. The van der Waals surface area contributed by atoms with Crippen LogP contribution in [0.2, 0.25) is 5.02 Å². The summed E-state index contributed by atoms with van der Waals surface area (Å²) < 4.78 is 4.80. The SMILES string of the molecule is O=C(NC[C@@H]1CCCN(Cc2ncon2)C1)C1(c2ccc(Cl)cc2)CC1. The summed E-state index contributed by atoms with van der Waals surface area (Å²) in [4.78, 5) is 19.2. The summed E-state index contributed by atoms with van der Waals surface area (Å²) in [5, 5.41) is 7.78. The highest BCUT2D eigenvalue weighted by atomic mass is 35.5. The van der Waals surface area contributed by atoms with Crippen LogP contribution < -0.4 is 5.32 Å². The van der Waals surface area contributed by atoms with E-state index in [2.05, 4.69) is 20.4 Å². The minimum atomic E-state index is -0.344. The van der Waals surface area contributed by atoms with Gasteiger partial charge in [0.15, 0.2) is 5.82 Å². The van der Waals surface area contributed by atoms with Gasteiger partial charge in [0.05, 0.1) is 12.0 Å². The van der Waals surface area contributed by atoms with Crippen LogP contribution >= 0.6 is 11.6 Å². The molecule has 1 aliphatic heterocycles. The number of carbonyl (C=O) groups is 1. The Bertz CT molecular complexity index is 743. The Balaban J connectivity index is 1.30. The highest BCUT2D eigenvalue weighted by molar-refractivity contribution is 6.30. The number of nitrogens with zero attached hydrogens (tertiary/aromatic N) is 3. The molecule has 0 spiro atoms. The number of aromatic nitrogens is 2. The zero-order valence-electron chi connectivity index (χ0n) is 14.7. The van der Waals surface area contributed by atoms with Crippen LogP contribution in [0, 0.1) is 5.92 Å². The van der Waals surface area contributed by atoms with Crippen molar-refractivity contribution in [2.24, 2.45) is 5.92 Å². The molecule has 1 saturated heterocycles. The van der Waals surface area contributed by atoms with Gasteiger partial charge in [-0.3, -0.25) is 9.69 Å². The third-order valence-corrected chi connectivity index (χ3v) is 5.76. The van der Waals surface area contributed by atoms with Gasteiger partial charge in [-0.25, -0.2) is 0 Å². The molecule has 6 nitrogen and oxygen atoms in total. The first-order chi connectivity index (χ1) is 12.7. The first-order valence-electron chi connectivity index (χ1n) is 9.18. The molecule has 0 radical (unpaired) electrons. The molecule has 2 aromatic rings. The van der Waals surface area contributed by atoms with Gasteiger partial charge in [-0.2, -0.15) is 4.98 Å². The van der Waals surface area contributed by atoms with Crippen molar-refractivity contribution in [3.05, 3.63) is 47.1 Å². The van der Waals surface area contributed by atoms with Crippen molar-refractivity contribution in [2.75, 3.05) is 19.6 Å². The van der Waals surface area contributed by atoms with Crippen LogP contribution in [0.1, 0.15) is 37.1 Å². The quantitative estimate of drug-likeness (QED) is 0.841. The molecule has 138 valence electrons. The van der Waals surface area contributed by atoms with Gasteiger partial charge < -0.3 is 9.84 Å². The smallest absolute Gasteiger partial charge is 0.230 e. The zero-order valence-corrected chi connectivity index (χ0v) is 15.4. The van der Waals surface area contributed by atoms with Crippen molar-refractivity contribution < 1.29 is 9.32 Å². The van der Waals surface area contributed by atoms with E-state index >= 15 is 0 Å². The molecule has 1 aromatic carbocycles. The largest absolute Gasteiger partial charge is 0.355 e. The van der Waals surface area contributed by atoms with Gasteiger partial charge in [-0.1, -0.05) is 28.9 Å². The van der Waals surface area contributed by atoms with Gasteiger partial charge in [-0.05, 0) is 55.8 Å². The fraction of sp³-hybridized carbons (Fsp3) is 0.526. The third kappa shape index (κ3) is 3.76. The van der Waals surface area contributed by atoms with Crippen molar-refractivity contribution >= 4 is 17.5 Å². The predicted octanol–water partition coefficient (Wildman–Crippen LogP) is 2.78. The normalized spacial score (nSPS) is 22.1. The lowest BCUT2D eigenvalue weighted by molar-refractivity contribution is -0.123. The van der Waals surface area contributed by atoms with Crippen molar-refractivity contribution in [3.63, 3.8) is 0 Å². The van der Waals surface area contributed by atoms with Gasteiger partial charge in [-0.15, -0.1) is 0 Å². The number of likely N-dealkylation sites (tertiary alicyclic amines) is 1. The Morgan fingerprint density at radius 2 is 2.15 bits per heavy atom. The minimum Gasteiger partial charge on any atom is -0.355 e. The average molecular weight is 375 g/mol. The van der Waals surface area contributed by atoms with Crippen molar-refractivity contribution in [1.29, 1.82) is 0 Å². The molecular weight excluding hydrogens is 352 g/mol. The van der Waals surface area contributed by atoms with Crippen LogP contribution in [0.5, 0.6) is 0 Å². The lowest BCUT2D eigenvalue weighted by atomic mass is 9.93. The van der Waals surface area contributed by atoms with Crippen molar-refractivity contribution in [2.45, 2.75) is 37.6 Å². The number of hydrogen-bond acceptors (Lipinski definition) is 5. The second-order valence-corrected chi connectivity index (χ2v) is 7.83. The molecule has 1 atom stereocenters. The Morgan fingerprint density at radius 1 is 1.35 bits per heavy atom. The number of benzene rings is 1. The monoisotopic (exact) mass is 374 g/mol. The molecule has 1 aromatic heterocycles. The molecule has 1 aliphatic carbocycles. The van der Waals surface area contributed by atoms with Gasteiger partial charge in [0, 0.05) is 18.1 Å². The highest BCUT2D eigenvalue weighted by Gasteiger charge is 2.51. The molecule has 4 rings (SSSR count). The van der Waals surface area contributed by atoms with E-state index in [1.54, 1.807) is 0 Å². The minimum absolute atomic E-state index is 0.148. The Morgan fingerprint density at radius 3 is 2.85 bits per heavy atom. The van der Waals surface area contributed by atoms with E-state index in [0.29, 0.717) is 23.3 Å². The topological polar surface area (TPSA) is 71.3 Å². The molecule has 0 unspecified atom stereocenters. The van der Waals surface area contributed by atoms with E-state index in [4.69, 9.17) is 16.1 Å². The second kappa shape index (κ2) is 7.37. The number of nitrogens with one attached hydrogen (secondary N) is 1. The summed E-state index contributed by atoms with van der Waals surface area (Å²) in [5.41, 5.74) is 0.727. The zero-order chi connectivity index (χ0) is 18.0. The van der Waals surface area contributed by atoms with Crippen LogP contribution in [0.15, 0.2) is 35.2 Å². The molecule has 1 amide bonds. The summed E-state index contributed by atoms with van der Waals surface area (Å²) in [6.07, 6.45) is 5.45. The number of amides is 1. The Hall–Kier alpha value is -1.92. The van der Waals surface area contributed by atoms with Gasteiger partial charge >= 0.3 is 0 Å². The summed E-state index contributed by atoms with van der Waals surface area (Å²) in [7, 11) is 0. The number of hydrogen-bond donors (Lipinski definition) is 1. The molecule has 2 aliphatic rings. The van der Waals surface area contributed by atoms with Crippen molar-refractivity contribution in [3.8, 4) is 0 Å².